The second-order valence-electron chi connectivity index (χ2n) is 9.08. The molecule has 2 N–H and O–H groups in total. The maximum absolute atomic E-state index is 5.47. The van der Waals surface area contributed by atoms with Gasteiger partial charge in [-0.2, -0.15) is 0 Å². The van der Waals surface area contributed by atoms with Crippen LogP contribution in [0.25, 0.3) is 0 Å². The number of piperidine rings is 1. The van der Waals surface area contributed by atoms with Crippen LogP contribution in [0, 0.1) is 0 Å². The SMILES string of the molecule is CCNC(=NCc1cccc(CN2CCOCC2)c1)NC1CCN(Cc2ccccc2)CC1. The summed E-state index contributed by atoms with van der Waals surface area (Å²) in [5.41, 5.74) is 4.01. The van der Waals surface area contributed by atoms with E-state index in [-0.39, 0.29) is 0 Å². The summed E-state index contributed by atoms with van der Waals surface area (Å²) in [5, 5.41) is 7.12. The van der Waals surface area contributed by atoms with Crippen LogP contribution in [0.5, 0.6) is 0 Å². The van der Waals surface area contributed by atoms with E-state index in [1.54, 1.807) is 0 Å². The van der Waals surface area contributed by atoms with Crippen LogP contribution in [0.15, 0.2) is 59.6 Å². The number of guanidine groups is 1. The van der Waals surface area contributed by atoms with E-state index in [9.17, 15) is 0 Å². The Morgan fingerprint density at radius 2 is 1.55 bits per heavy atom. The highest BCUT2D eigenvalue weighted by molar-refractivity contribution is 5.80. The first-order valence-electron chi connectivity index (χ1n) is 12.5. The van der Waals surface area contributed by atoms with Gasteiger partial charge in [-0.15, -0.1) is 0 Å². The number of hydrogen-bond acceptors (Lipinski definition) is 4. The van der Waals surface area contributed by atoms with Crippen molar-refractivity contribution in [2.75, 3.05) is 45.9 Å². The minimum absolute atomic E-state index is 0.475. The maximum Gasteiger partial charge on any atom is 0.191 e. The van der Waals surface area contributed by atoms with Crippen molar-refractivity contribution in [3.8, 4) is 0 Å². The van der Waals surface area contributed by atoms with Crippen LogP contribution in [-0.4, -0.2) is 67.7 Å². The minimum Gasteiger partial charge on any atom is -0.379 e. The Balaban J connectivity index is 1.27. The molecule has 178 valence electrons. The quantitative estimate of drug-likeness (QED) is 0.479. The van der Waals surface area contributed by atoms with Crippen LogP contribution in [0.1, 0.15) is 36.5 Å². The van der Waals surface area contributed by atoms with Crippen LogP contribution >= 0.6 is 0 Å². The smallest absolute Gasteiger partial charge is 0.191 e. The summed E-state index contributed by atoms with van der Waals surface area (Å²) in [7, 11) is 0. The summed E-state index contributed by atoms with van der Waals surface area (Å²) < 4.78 is 5.47. The van der Waals surface area contributed by atoms with Crippen LogP contribution < -0.4 is 10.6 Å². The molecule has 0 aromatic heterocycles. The summed E-state index contributed by atoms with van der Waals surface area (Å²) in [5.74, 6) is 0.928. The molecule has 2 aromatic carbocycles. The van der Waals surface area contributed by atoms with E-state index in [0.717, 1.165) is 77.8 Å². The summed E-state index contributed by atoms with van der Waals surface area (Å²) >= 11 is 0. The van der Waals surface area contributed by atoms with Gasteiger partial charge in [0.05, 0.1) is 19.8 Å². The molecular weight excluding hydrogens is 410 g/mol. The van der Waals surface area contributed by atoms with E-state index >= 15 is 0 Å². The standard InChI is InChI=1S/C27H39N5O/c1-2-28-27(30-26-11-13-31(14-12-26)21-23-7-4-3-5-8-23)29-20-24-9-6-10-25(19-24)22-32-15-17-33-18-16-32/h3-10,19,26H,2,11-18,20-22H2,1H3,(H2,28,29,30). The molecule has 0 bridgehead atoms. The predicted octanol–water partition coefficient (Wildman–Crippen LogP) is 3.24. The Morgan fingerprint density at radius 1 is 0.879 bits per heavy atom. The molecule has 2 aliphatic heterocycles. The van der Waals surface area contributed by atoms with Gasteiger partial charge in [0.25, 0.3) is 0 Å². The number of likely N-dealkylation sites (tertiary alicyclic amines) is 1. The van der Waals surface area contributed by atoms with Gasteiger partial charge in [-0.1, -0.05) is 54.6 Å². The van der Waals surface area contributed by atoms with E-state index in [2.05, 4.69) is 82.0 Å². The lowest BCUT2D eigenvalue weighted by Gasteiger charge is -2.33. The van der Waals surface area contributed by atoms with Gasteiger partial charge in [0.15, 0.2) is 5.96 Å². The zero-order valence-electron chi connectivity index (χ0n) is 20.0. The molecule has 4 rings (SSSR count). The number of rotatable bonds is 8. The first-order valence-corrected chi connectivity index (χ1v) is 12.5. The lowest BCUT2D eigenvalue weighted by molar-refractivity contribution is 0.0342. The number of nitrogens with zero attached hydrogens (tertiary/aromatic N) is 3. The van der Waals surface area contributed by atoms with Crippen molar-refractivity contribution in [1.29, 1.82) is 0 Å². The number of benzene rings is 2. The van der Waals surface area contributed by atoms with Gasteiger partial charge in [-0.05, 0) is 36.5 Å². The number of aliphatic imine (C=N–C) groups is 1. The molecule has 2 aliphatic rings. The molecule has 0 atom stereocenters. The third-order valence-corrected chi connectivity index (χ3v) is 6.44. The molecule has 2 aromatic rings. The monoisotopic (exact) mass is 449 g/mol. The van der Waals surface area contributed by atoms with Gasteiger partial charge in [-0.25, -0.2) is 4.99 Å². The molecule has 2 heterocycles. The highest BCUT2D eigenvalue weighted by atomic mass is 16.5. The number of morpholine rings is 1. The second-order valence-corrected chi connectivity index (χ2v) is 9.08. The molecule has 0 unspecified atom stereocenters. The van der Waals surface area contributed by atoms with Gasteiger partial charge < -0.3 is 15.4 Å². The molecule has 33 heavy (non-hydrogen) atoms. The molecule has 6 nitrogen and oxygen atoms in total. The largest absolute Gasteiger partial charge is 0.379 e. The van der Waals surface area contributed by atoms with Gasteiger partial charge >= 0.3 is 0 Å². The third-order valence-electron chi connectivity index (χ3n) is 6.44. The van der Waals surface area contributed by atoms with Crippen molar-refractivity contribution in [2.45, 2.75) is 45.4 Å². The van der Waals surface area contributed by atoms with Gasteiger partial charge in [0.1, 0.15) is 0 Å². The molecule has 6 heteroatoms. The van der Waals surface area contributed by atoms with Gasteiger partial charge in [-0.3, -0.25) is 9.80 Å². The number of hydrogen-bond donors (Lipinski definition) is 2. The zero-order chi connectivity index (χ0) is 22.7. The number of ether oxygens (including phenoxy) is 1. The van der Waals surface area contributed by atoms with Crippen molar-refractivity contribution in [3.63, 3.8) is 0 Å². The van der Waals surface area contributed by atoms with Gasteiger partial charge in [0, 0.05) is 51.9 Å². The Bertz CT molecular complexity index is 858. The minimum atomic E-state index is 0.475. The predicted molar refractivity (Wildman–Crippen MR) is 135 cm³/mol. The summed E-state index contributed by atoms with van der Waals surface area (Å²) in [6.07, 6.45) is 2.29. The van der Waals surface area contributed by atoms with E-state index in [1.165, 1.54) is 16.7 Å². The molecule has 0 amide bonds. The molecule has 0 saturated carbocycles. The van der Waals surface area contributed by atoms with Crippen LogP contribution in [-0.2, 0) is 24.4 Å². The highest BCUT2D eigenvalue weighted by Gasteiger charge is 2.20. The van der Waals surface area contributed by atoms with Crippen LogP contribution in [0.3, 0.4) is 0 Å². The molecule has 2 fully saturated rings. The lowest BCUT2D eigenvalue weighted by atomic mass is 10.0. The Morgan fingerprint density at radius 3 is 2.30 bits per heavy atom. The van der Waals surface area contributed by atoms with Crippen LogP contribution in [0.2, 0.25) is 0 Å². The van der Waals surface area contributed by atoms with Crippen molar-refractivity contribution < 1.29 is 4.74 Å². The summed E-state index contributed by atoms with van der Waals surface area (Å²) in [4.78, 5) is 9.91. The first-order chi connectivity index (χ1) is 16.3. The molecule has 0 spiro atoms. The number of nitrogens with one attached hydrogen (secondary N) is 2. The van der Waals surface area contributed by atoms with Crippen LogP contribution in [0.4, 0.5) is 0 Å². The second kappa shape index (κ2) is 12.7. The summed E-state index contributed by atoms with van der Waals surface area (Å²) in [6.45, 7) is 11.7. The maximum atomic E-state index is 5.47. The molecular formula is C27H39N5O. The van der Waals surface area contributed by atoms with Crippen molar-refractivity contribution in [3.05, 3.63) is 71.3 Å². The molecule has 0 aliphatic carbocycles. The van der Waals surface area contributed by atoms with E-state index < -0.39 is 0 Å². The van der Waals surface area contributed by atoms with Crippen molar-refractivity contribution in [1.82, 2.24) is 20.4 Å². The zero-order valence-corrected chi connectivity index (χ0v) is 20.0. The van der Waals surface area contributed by atoms with E-state index in [1.807, 2.05) is 0 Å². The lowest BCUT2D eigenvalue weighted by Crippen LogP contribution is -2.48. The van der Waals surface area contributed by atoms with Gasteiger partial charge in [0.2, 0.25) is 0 Å². The fourth-order valence-electron chi connectivity index (χ4n) is 4.60. The average Bonchev–Trinajstić information content (AvgIpc) is 2.85. The van der Waals surface area contributed by atoms with Crippen molar-refractivity contribution >= 4 is 5.96 Å². The first kappa shape index (κ1) is 23.7. The summed E-state index contributed by atoms with van der Waals surface area (Å²) in [6, 6.07) is 20.1. The fourth-order valence-corrected chi connectivity index (χ4v) is 4.60. The Kier molecular flexibility index (Phi) is 9.16. The molecule has 0 radical (unpaired) electrons. The topological polar surface area (TPSA) is 52.1 Å². The Labute approximate surface area is 199 Å². The van der Waals surface area contributed by atoms with E-state index in [4.69, 9.17) is 9.73 Å². The average molecular weight is 450 g/mol. The third kappa shape index (κ3) is 7.84. The Hall–Kier alpha value is -2.41. The molecule has 2 saturated heterocycles. The van der Waals surface area contributed by atoms with E-state index in [0.29, 0.717) is 12.6 Å². The normalized spacial score (nSPS) is 18.9. The van der Waals surface area contributed by atoms with Crippen molar-refractivity contribution in [2.24, 2.45) is 4.99 Å². The fraction of sp³-hybridized carbons (Fsp3) is 0.519. The highest BCUT2D eigenvalue weighted by Crippen LogP contribution is 2.14.